The van der Waals surface area contributed by atoms with Gasteiger partial charge in [-0.05, 0) is 50.2 Å². The van der Waals surface area contributed by atoms with Crippen LogP contribution in [0.2, 0.25) is 0 Å². The molecule has 0 radical (unpaired) electrons. The van der Waals surface area contributed by atoms with Crippen LogP contribution in [-0.2, 0) is 9.53 Å². The van der Waals surface area contributed by atoms with E-state index in [1.807, 2.05) is 42.5 Å². The molecular weight excluding hydrogens is 412 g/mol. The van der Waals surface area contributed by atoms with Gasteiger partial charge in [-0.1, -0.05) is 42.5 Å². The first-order valence-corrected chi connectivity index (χ1v) is 12.0. The van der Waals surface area contributed by atoms with Gasteiger partial charge in [0.15, 0.2) is 0 Å². The van der Waals surface area contributed by atoms with Crippen LogP contribution >= 0.6 is 11.8 Å². The second kappa shape index (κ2) is 11.3. The fraction of sp³-hybridized carbons (Fsp3) is 0.560. The SMILES string of the molecule is COC(=O)CCC/C=C\C[C@@H]1[C@@H](/C=C/[C@@H](O)C2(Sc3ccccc3)CC2)[C@H](O)C[C@@H]1O. The third kappa shape index (κ3) is 6.69. The van der Waals surface area contributed by atoms with E-state index in [1.54, 1.807) is 11.8 Å². The van der Waals surface area contributed by atoms with E-state index in [9.17, 15) is 20.1 Å². The normalized spacial score (nSPS) is 28.3. The van der Waals surface area contributed by atoms with Crippen molar-refractivity contribution in [3.8, 4) is 0 Å². The minimum atomic E-state index is -0.604. The standard InChI is InChI=1S/C25H34O5S/c1-30-24(29)12-8-3-2-7-11-19-20(22(27)17-21(19)26)13-14-23(28)25(15-16-25)31-18-9-5-4-6-10-18/h2,4-7,9-10,13-14,19-23,26-28H,3,8,11-12,15-17H2,1H3/b7-2-,14-13+/t19-,20-,21+,22-,23-/m1/s1. The minimum Gasteiger partial charge on any atom is -0.469 e. The van der Waals surface area contributed by atoms with Gasteiger partial charge in [-0.2, -0.15) is 0 Å². The van der Waals surface area contributed by atoms with E-state index in [2.05, 4.69) is 16.9 Å². The fourth-order valence-corrected chi connectivity index (χ4v) is 5.53. The molecule has 0 spiro atoms. The summed E-state index contributed by atoms with van der Waals surface area (Å²) in [6.07, 6.45) is 10.9. The van der Waals surface area contributed by atoms with E-state index in [0.29, 0.717) is 19.3 Å². The summed E-state index contributed by atoms with van der Waals surface area (Å²) in [5.74, 6) is -0.459. The first kappa shape index (κ1) is 24.1. The number of aliphatic hydroxyl groups excluding tert-OH is 3. The summed E-state index contributed by atoms with van der Waals surface area (Å²) >= 11 is 1.72. The average Bonchev–Trinajstić information content (AvgIpc) is 3.49. The third-order valence-electron chi connectivity index (χ3n) is 6.33. The second-order valence-corrected chi connectivity index (χ2v) is 10.1. The molecule has 0 aliphatic heterocycles. The van der Waals surface area contributed by atoms with Gasteiger partial charge in [-0.25, -0.2) is 0 Å². The lowest BCUT2D eigenvalue weighted by Gasteiger charge is -2.22. The smallest absolute Gasteiger partial charge is 0.305 e. The van der Waals surface area contributed by atoms with Gasteiger partial charge in [0.05, 0.1) is 30.2 Å². The summed E-state index contributed by atoms with van der Waals surface area (Å²) in [5, 5.41) is 31.7. The number of hydrogen-bond donors (Lipinski definition) is 3. The molecule has 0 saturated heterocycles. The van der Waals surface area contributed by atoms with Gasteiger partial charge >= 0.3 is 5.97 Å². The number of hydrogen-bond acceptors (Lipinski definition) is 6. The summed E-state index contributed by atoms with van der Waals surface area (Å²) in [7, 11) is 1.39. The van der Waals surface area contributed by atoms with Crippen molar-refractivity contribution in [3.05, 3.63) is 54.6 Å². The summed E-state index contributed by atoms with van der Waals surface area (Å²) in [5.41, 5.74) is 0. The van der Waals surface area contributed by atoms with Crippen LogP contribution in [0.5, 0.6) is 0 Å². The highest BCUT2D eigenvalue weighted by molar-refractivity contribution is 8.01. The number of ether oxygens (including phenoxy) is 1. The molecule has 2 aliphatic rings. The van der Waals surface area contributed by atoms with Crippen LogP contribution in [0.15, 0.2) is 59.5 Å². The molecule has 31 heavy (non-hydrogen) atoms. The number of unbranched alkanes of at least 4 members (excludes halogenated alkanes) is 1. The van der Waals surface area contributed by atoms with Gasteiger partial charge in [0, 0.05) is 23.7 Å². The highest BCUT2D eigenvalue weighted by atomic mass is 32.2. The fourth-order valence-electron chi connectivity index (χ4n) is 4.26. The van der Waals surface area contributed by atoms with Gasteiger partial charge in [0.1, 0.15) is 0 Å². The number of carbonyl (C=O) groups excluding carboxylic acids is 1. The molecule has 3 rings (SSSR count). The van der Waals surface area contributed by atoms with Crippen LogP contribution in [0.3, 0.4) is 0 Å². The summed E-state index contributed by atoms with van der Waals surface area (Å²) in [4.78, 5) is 12.3. The van der Waals surface area contributed by atoms with Crippen LogP contribution in [0.1, 0.15) is 44.9 Å². The molecule has 5 atom stereocenters. The lowest BCUT2D eigenvalue weighted by atomic mass is 9.89. The molecule has 0 amide bonds. The van der Waals surface area contributed by atoms with Crippen LogP contribution in [0.25, 0.3) is 0 Å². The van der Waals surface area contributed by atoms with Crippen molar-refractivity contribution < 1.29 is 24.9 Å². The predicted molar refractivity (Wildman–Crippen MR) is 123 cm³/mol. The number of carbonyl (C=O) groups is 1. The first-order chi connectivity index (χ1) is 14.9. The molecule has 0 aromatic heterocycles. The number of esters is 1. The topological polar surface area (TPSA) is 87.0 Å². The Labute approximate surface area is 189 Å². The van der Waals surface area contributed by atoms with E-state index in [4.69, 9.17) is 0 Å². The molecule has 2 aliphatic carbocycles. The number of rotatable bonds is 11. The number of methoxy groups -OCH3 is 1. The Hall–Kier alpha value is -1.60. The van der Waals surface area contributed by atoms with Crippen molar-refractivity contribution in [2.24, 2.45) is 11.8 Å². The lowest BCUT2D eigenvalue weighted by molar-refractivity contribution is -0.140. The van der Waals surface area contributed by atoms with Crippen LogP contribution in [0, 0.1) is 11.8 Å². The second-order valence-electron chi connectivity index (χ2n) is 8.60. The molecule has 0 bridgehead atoms. The number of aliphatic hydroxyl groups is 3. The molecule has 0 unspecified atom stereocenters. The molecule has 3 N–H and O–H groups in total. The van der Waals surface area contributed by atoms with E-state index < -0.39 is 18.3 Å². The molecule has 1 aromatic carbocycles. The highest BCUT2D eigenvalue weighted by Gasteiger charge is 2.49. The molecular formula is C25H34O5S. The maximum atomic E-state index is 11.1. The summed E-state index contributed by atoms with van der Waals surface area (Å²) in [6.45, 7) is 0. The van der Waals surface area contributed by atoms with Crippen LogP contribution in [0.4, 0.5) is 0 Å². The highest BCUT2D eigenvalue weighted by Crippen LogP contribution is 2.54. The van der Waals surface area contributed by atoms with E-state index in [1.165, 1.54) is 7.11 Å². The zero-order valence-electron chi connectivity index (χ0n) is 18.1. The Balaban J connectivity index is 1.53. The molecule has 1 aromatic rings. The van der Waals surface area contributed by atoms with Crippen LogP contribution < -0.4 is 0 Å². The molecule has 170 valence electrons. The van der Waals surface area contributed by atoms with Crippen molar-refractivity contribution in [3.63, 3.8) is 0 Å². The molecule has 2 fully saturated rings. The van der Waals surface area contributed by atoms with Crippen molar-refractivity contribution in [1.29, 1.82) is 0 Å². The van der Waals surface area contributed by atoms with E-state index in [0.717, 1.165) is 30.6 Å². The Morgan fingerprint density at radius 1 is 1.23 bits per heavy atom. The van der Waals surface area contributed by atoms with Gasteiger partial charge in [-0.15, -0.1) is 11.8 Å². The zero-order chi connectivity index (χ0) is 22.3. The van der Waals surface area contributed by atoms with Gasteiger partial charge < -0.3 is 20.1 Å². The quantitative estimate of drug-likeness (QED) is 0.272. The van der Waals surface area contributed by atoms with Crippen molar-refractivity contribution >= 4 is 17.7 Å². The van der Waals surface area contributed by atoms with E-state index in [-0.39, 0.29) is 22.6 Å². The minimum absolute atomic E-state index is 0.0766. The molecule has 2 saturated carbocycles. The first-order valence-electron chi connectivity index (χ1n) is 11.1. The maximum Gasteiger partial charge on any atom is 0.305 e. The largest absolute Gasteiger partial charge is 0.469 e. The Kier molecular flexibility index (Phi) is 8.78. The lowest BCUT2D eigenvalue weighted by Crippen LogP contribution is -2.24. The molecule has 6 heteroatoms. The number of thioether (sulfide) groups is 1. The van der Waals surface area contributed by atoms with Crippen molar-refractivity contribution in [2.75, 3.05) is 7.11 Å². The van der Waals surface area contributed by atoms with Gasteiger partial charge in [0.25, 0.3) is 0 Å². The van der Waals surface area contributed by atoms with Gasteiger partial charge in [0.2, 0.25) is 0 Å². The summed E-state index contributed by atoms with van der Waals surface area (Å²) in [6, 6.07) is 10.1. The average molecular weight is 447 g/mol. The van der Waals surface area contributed by atoms with Crippen molar-refractivity contribution in [1.82, 2.24) is 0 Å². The Bertz CT molecular complexity index is 758. The van der Waals surface area contributed by atoms with Gasteiger partial charge in [-0.3, -0.25) is 4.79 Å². The Morgan fingerprint density at radius 2 is 1.97 bits per heavy atom. The molecule has 5 nitrogen and oxygen atoms in total. The molecule has 0 heterocycles. The monoisotopic (exact) mass is 446 g/mol. The number of benzene rings is 1. The Morgan fingerprint density at radius 3 is 2.65 bits per heavy atom. The van der Waals surface area contributed by atoms with E-state index >= 15 is 0 Å². The third-order valence-corrected chi connectivity index (χ3v) is 7.90. The summed E-state index contributed by atoms with van der Waals surface area (Å²) < 4.78 is 4.45. The zero-order valence-corrected chi connectivity index (χ0v) is 18.9. The van der Waals surface area contributed by atoms with Crippen LogP contribution in [-0.4, -0.2) is 51.5 Å². The number of allylic oxidation sites excluding steroid dienone is 2. The maximum absolute atomic E-state index is 11.1. The predicted octanol–water partition coefficient (Wildman–Crippen LogP) is 3.88. The van der Waals surface area contributed by atoms with Crippen molar-refractivity contribution in [2.45, 2.75) is 72.9 Å².